The van der Waals surface area contributed by atoms with E-state index >= 15 is 0 Å². The van der Waals surface area contributed by atoms with E-state index in [9.17, 15) is 18.4 Å². The number of aromatic nitrogens is 2. The quantitative estimate of drug-likeness (QED) is 0.427. The molecule has 0 aliphatic carbocycles. The zero-order chi connectivity index (χ0) is 30.7. The molecule has 1 aromatic heterocycles. The third-order valence-corrected chi connectivity index (χ3v) is 7.39. The summed E-state index contributed by atoms with van der Waals surface area (Å²) < 4.78 is 39.0. The summed E-state index contributed by atoms with van der Waals surface area (Å²) in [6.07, 6.45) is 1.91. The van der Waals surface area contributed by atoms with Gasteiger partial charge in [-0.3, -0.25) is 9.78 Å². The molecule has 0 radical (unpaired) electrons. The Morgan fingerprint density at radius 2 is 1.63 bits per heavy atom. The van der Waals surface area contributed by atoms with Gasteiger partial charge in [0.15, 0.2) is 0 Å². The van der Waals surface area contributed by atoms with Crippen LogP contribution in [0.5, 0.6) is 0 Å². The molecule has 3 heterocycles. The minimum absolute atomic E-state index is 0.180. The summed E-state index contributed by atoms with van der Waals surface area (Å²) in [4.78, 5) is 43.3. The number of fused-ring (bicyclic) bond motifs is 1. The molecule has 2 saturated heterocycles. The maximum atomic E-state index is 14.0. The molecule has 12 heteroatoms. The Morgan fingerprint density at radius 1 is 0.953 bits per heavy atom. The van der Waals surface area contributed by atoms with Crippen LogP contribution in [0.15, 0.2) is 36.5 Å². The van der Waals surface area contributed by atoms with Crippen LogP contribution >= 0.6 is 0 Å². The predicted molar refractivity (Wildman–Crippen MR) is 159 cm³/mol. The first-order valence-corrected chi connectivity index (χ1v) is 14.5. The fourth-order valence-electron chi connectivity index (χ4n) is 5.32. The SMILES string of the molecule is CN(Cc1cc(F)cc(F)c1)c1cc(C(=O)N2CCCN(C(=O)OC(C)(C)C)CC2)cc2ncc(N3CCOCC3)nc12. The van der Waals surface area contributed by atoms with Crippen LogP contribution in [-0.4, -0.2) is 96.9 Å². The van der Waals surface area contributed by atoms with Crippen molar-refractivity contribution in [2.75, 3.05) is 69.3 Å². The minimum Gasteiger partial charge on any atom is -0.444 e. The van der Waals surface area contributed by atoms with Gasteiger partial charge in [-0.1, -0.05) is 0 Å². The Morgan fingerprint density at radius 3 is 2.33 bits per heavy atom. The van der Waals surface area contributed by atoms with E-state index in [2.05, 4.69) is 9.88 Å². The average Bonchev–Trinajstić information content (AvgIpc) is 3.21. The summed E-state index contributed by atoms with van der Waals surface area (Å²) in [5.74, 6) is -0.823. The zero-order valence-electron chi connectivity index (χ0n) is 25.1. The van der Waals surface area contributed by atoms with Gasteiger partial charge in [-0.2, -0.15) is 0 Å². The lowest BCUT2D eigenvalue weighted by atomic mass is 10.1. The van der Waals surface area contributed by atoms with Crippen molar-refractivity contribution >= 4 is 34.5 Å². The third kappa shape index (κ3) is 7.48. The highest BCUT2D eigenvalue weighted by Crippen LogP contribution is 2.30. The molecule has 0 saturated carbocycles. The highest BCUT2D eigenvalue weighted by molar-refractivity contribution is 6.01. The van der Waals surface area contributed by atoms with E-state index in [1.807, 2.05) is 25.7 Å². The number of carbonyl (C=O) groups excluding carboxylic acids is 2. The molecule has 230 valence electrons. The van der Waals surface area contributed by atoms with Crippen LogP contribution < -0.4 is 9.80 Å². The Bertz CT molecular complexity index is 1470. The normalized spacial score (nSPS) is 16.3. The van der Waals surface area contributed by atoms with E-state index in [1.54, 1.807) is 35.2 Å². The van der Waals surface area contributed by atoms with Crippen molar-refractivity contribution in [3.8, 4) is 0 Å². The van der Waals surface area contributed by atoms with Crippen LogP contribution in [0, 0.1) is 11.6 Å². The molecule has 0 bridgehead atoms. The molecule has 3 aromatic rings. The van der Waals surface area contributed by atoms with Gasteiger partial charge in [-0.15, -0.1) is 0 Å². The number of amides is 2. The molecule has 2 aromatic carbocycles. The van der Waals surface area contributed by atoms with Crippen LogP contribution in [0.4, 0.5) is 25.1 Å². The van der Waals surface area contributed by atoms with Crippen molar-refractivity contribution in [3.05, 3.63) is 59.3 Å². The van der Waals surface area contributed by atoms with Gasteiger partial charge in [0.2, 0.25) is 0 Å². The number of benzene rings is 2. The number of morpholine rings is 1. The van der Waals surface area contributed by atoms with E-state index in [1.165, 1.54) is 12.1 Å². The van der Waals surface area contributed by atoms with Gasteiger partial charge < -0.3 is 29.1 Å². The van der Waals surface area contributed by atoms with E-state index in [-0.39, 0.29) is 12.5 Å². The van der Waals surface area contributed by atoms with E-state index in [0.29, 0.717) is 92.6 Å². The molecule has 2 amide bonds. The summed E-state index contributed by atoms with van der Waals surface area (Å²) >= 11 is 0. The summed E-state index contributed by atoms with van der Waals surface area (Å²) in [6.45, 7) is 9.87. The summed E-state index contributed by atoms with van der Waals surface area (Å²) in [5.41, 5.74) is 1.97. The van der Waals surface area contributed by atoms with E-state index in [4.69, 9.17) is 14.5 Å². The smallest absolute Gasteiger partial charge is 0.410 e. The number of hydrogen-bond donors (Lipinski definition) is 0. The molecule has 0 atom stereocenters. The van der Waals surface area contributed by atoms with Crippen molar-refractivity contribution in [1.82, 2.24) is 19.8 Å². The second kappa shape index (κ2) is 12.7. The predicted octanol–water partition coefficient (Wildman–Crippen LogP) is 4.46. The number of anilines is 2. The first-order valence-electron chi connectivity index (χ1n) is 14.5. The molecule has 0 unspecified atom stereocenters. The van der Waals surface area contributed by atoms with Gasteiger partial charge in [-0.05, 0) is 57.0 Å². The van der Waals surface area contributed by atoms with Crippen molar-refractivity contribution in [1.29, 1.82) is 0 Å². The second-order valence-corrected chi connectivity index (χ2v) is 11.9. The van der Waals surface area contributed by atoms with Crippen LogP contribution in [0.2, 0.25) is 0 Å². The average molecular weight is 597 g/mol. The highest BCUT2D eigenvalue weighted by atomic mass is 19.1. The standard InChI is InChI=1S/C31H38F2N6O4/c1-31(2,3)43-30(41)39-7-5-6-38(8-9-39)29(40)22-16-25-28(35-27(19-34-25)37-10-12-42-13-11-37)26(17-22)36(4)20-21-14-23(32)18-24(33)15-21/h14-19H,5-13,20H2,1-4H3. The van der Waals surface area contributed by atoms with Gasteiger partial charge >= 0.3 is 6.09 Å². The molecule has 2 aliphatic heterocycles. The molecule has 2 aliphatic rings. The molecule has 0 spiro atoms. The van der Waals surface area contributed by atoms with Gasteiger partial charge in [-0.25, -0.2) is 18.6 Å². The van der Waals surface area contributed by atoms with Gasteiger partial charge in [0.25, 0.3) is 5.91 Å². The Labute approximate surface area is 250 Å². The van der Waals surface area contributed by atoms with Crippen molar-refractivity contribution < 1.29 is 27.8 Å². The van der Waals surface area contributed by atoms with Crippen LogP contribution in [-0.2, 0) is 16.0 Å². The van der Waals surface area contributed by atoms with Crippen molar-refractivity contribution in [2.24, 2.45) is 0 Å². The lowest BCUT2D eigenvalue weighted by molar-refractivity contribution is 0.0255. The fraction of sp³-hybridized carbons (Fsp3) is 0.484. The second-order valence-electron chi connectivity index (χ2n) is 11.9. The molecular weight excluding hydrogens is 558 g/mol. The molecule has 43 heavy (non-hydrogen) atoms. The lowest BCUT2D eigenvalue weighted by Gasteiger charge is -2.28. The maximum absolute atomic E-state index is 14.0. The number of ether oxygens (including phenoxy) is 2. The van der Waals surface area contributed by atoms with Gasteiger partial charge in [0.05, 0.1) is 30.6 Å². The fourth-order valence-corrected chi connectivity index (χ4v) is 5.32. The van der Waals surface area contributed by atoms with Crippen molar-refractivity contribution in [2.45, 2.75) is 39.3 Å². The number of carbonyl (C=O) groups is 2. The number of halogens is 2. The first-order chi connectivity index (χ1) is 20.5. The summed E-state index contributed by atoms with van der Waals surface area (Å²) in [5, 5.41) is 0. The third-order valence-electron chi connectivity index (χ3n) is 7.39. The molecule has 2 fully saturated rings. The van der Waals surface area contributed by atoms with Gasteiger partial charge in [0, 0.05) is 64.5 Å². The largest absolute Gasteiger partial charge is 0.444 e. The Kier molecular flexibility index (Phi) is 8.95. The molecule has 0 N–H and O–H groups in total. The van der Waals surface area contributed by atoms with Crippen molar-refractivity contribution in [3.63, 3.8) is 0 Å². The lowest BCUT2D eigenvalue weighted by Crippen LogP contribution is -2.40. The summed E-state index contributed by atoms with van der Waals surface area (Å²) in [7, 11) is 1.79. The topological polar surface area (TPSA) is 91.3 Å². The van der Waals surface area contributed by atoms with Crippen LogP contribution in [0.3, 0.4) is 0 Å². The van der Waals surface area contributed by atoms with Crippen LogP contribution in [0.1, 0.15) is 43.1 Å². The van der Waals surface area contributed by atoms with E-state index < -0.39 is 23.3 Å². The number of nitrogens with zero attached hydrogens (tertiary/aromatic N) is 6. The molecular formula is C31H38F2N6O4. The molecule has 10 nitrogen and oxygen atoms in total. The highest BCUT2D eigenvalue weighted by Gasteiger charge is 2.27. The number of hydrogen-bond acceptors (Lipinski definition) is 8. The van der Waals surface area contributed by atoms with E-state index in [0.717, 1.165) is 6.07 Å². The maximum Gasteiger partial charge on any atom is 0.410 e. The number of rotatable bonds is 5. The first kappa shape index (κ1) is 30.4. The van der Waals surface area contributed by atoms with Gasteiger partial charge in [0.1, 0.15) is 28.6 Å². The Balaban J connectivity index is 1.45. The zero-order valence-corrected chi connectivity index (χ0v) is 25.1. The molecule has 5 rings (SSSR count). The Hall–Kier alpha value is -4.06. The summed E-state index contributed by atoms with van der Waals surface area (Å²) in [6, 6.07) is 6.89. The monoisotopic (exact) mass is 596 g/mol. The minimum atomic E-state index is -0.659. The van der Waals surface area contributed by atoms with Crippen LogP contribution in [0.25, 0.3) is 11.0 Å².